The molecule has 2 aromatic heterocycles. The minimum Gasteiger partial charge on any atom is -0.475 e. The van der Waals surface area contributed by atoms with Gasteiger partial charge in [-0.15, -0.1) is 0 Å². The smallest absolute Gasteiger partial charge is 0.475 e. The molecular formula is C25H27F3N6O3. The highest BCUT2D eigenvalue weighted by molar-refractivity contribution is 5.94. The highest BCUT2D eigenvalue weighted by Gasteiger charge is 2.41. The van der Waals surface area contributed by atoms with Gasteiger partial charge in [0, 0.05) is 72.7 Å². The summed E-state index contributed by atoms with van der Waals surface area (Å²) in [4.78, 5) is 30.0. The number of hydrogen-bond acceptors (Lipinski definition) is 6. The lowest BCUT2D eigenvalue weighted by atomic mass is 10.1. The fourth-order valence-corrected chi connectivity index (χ4v) is 3.86. The highest BCUT2D eigenvalue weighted by atomic mass is 19.4. The van der Waals surface area contributed by atoms with Gasteiger partial charge < -0.3 is 20.2 Å². The lowest BCUT2D eigenvalue weighted by Crippen LogP contribution is -2.48. The van der Waals surface area contributed by atoms with Gasteiger partial charge >= 0.3 is 12.1 Å². The van der Waals surface area contributed by atoms with Crippen molar-refractivity contribution in [3.63, 3.8) is 0 Å². The van der Waals surface area contributed by atoms with E-state index in [9.17, 15) is 18.0 Å². The number of aliphatic carboxylic acids is 1. The molecule has 2 aliphatic rings. The van der Waals surface area contributed by atoms with E-state index in [1.54, 1.807) is 12.4 Å². The number of nitrogens with one attached hydrogen (secondary N) is 2. The first-order chi connectivity index (χ1) is 17.5. The van der Waals surface area contributed by atoms with E-state index in [-0.39, 0.29) is 5.91 Å². The van der Waals surface area contributed by atoms with Crippen molar-refractivity contribution < 1.29 is 27.9 Å². The number of carboxylic acid groups (broad SMARTS) is 1. The van der Waals surface area contributed by atoms with Crippen molar-refractivity contribution in [1.29, 1.82) is 0 Å². The molecule has 37 heavy (non-hydrogen) atoms. The van der Waals surface area contributed by atoms with Crippen LogP contribution in [0, 0.1) is 0 Å². The molecule has 1 saturated heterocycles. The van der Waals surface area contributed by atoms with Crippen LogP contribution in [-0.4, -0.2) is 69.4 Å². The monoisotopic (exact) mass is 516 g/mol. The summed E-state index contributed by atoms with van der Waals surface area (Å²) in [5.41, 5.74) is 4.16. The number of hydrogen-bond donors (Lipinski definition) is 3. The van der Waals surface area contributed by atoms with E-state index < -0.39 is 12.1 Å². The summed E-state index contributed by atoms with van der Waals surface area (Å²) in [5, 5.41) is 18.1. The number of amides is 1. The Balaban J connectivity index is 0.000000405. The Labute approximate surface area is 211 Å². The van der Waals surface area contributed by atoms with Crippen LogP contribution in [0.4, 0.5) is 30.4 Å². The second-order valence-corrected chi connectivity index (χ2v) is 9.22. The zero-order valence-corrected chi connectivity index (χ0v) is 20.1. The van der Waals surface area contributed by atoms with Crippen LogP contribution in [0.15, 0.2) is 54.9 Å². The third kappa shape index (κ3) is 6.57. The van der Waals surface area contributed by atoms with Crippen molar-refractivity contribution in [2.75, 3.05) is 36.4 Å². The first-order valence-electron chi connectivity index (χ1n) is 11.7. The molecule has 3 N–H and O–H groups in total. The molecule has 12 heteroatoms. The number of carbonyl (C=O) groups excluding carboxylic acids is 1. The molecule has 0 radical (unpaired) electrons. The third-order valence-corrected chi connectivity index (χ3v) is 6.45. The zero-order chi connectivity index (χ0) is 26.6. The second kappa shape index (κ2) is 10.5. The van der Waals surface area contributed by atoms with Crippen LogP contribution in [0.2, 0.25) is 0 Å². The zero-order valence-electron chi connectivity index (χ0n) is 20.1. The largest absolute Gasteiger partial charge is 0.490 e. The maximum atomic E-state index is 12.9. The maximum Gasteiger partial charge on any atom is 0.490 e. The number of alkyl halides is 3. The third-order valence-electron chi connectivity index (χ3n) is 6.45. The summed E-state index contributed by atoms with van der Waals surface area (Å²) in [6.07, 6.45) is 0.868. The van der Waals surface area contributed by atoms with Gasteiger partial charge in [0.05, 0.1) is 0 Å². The van der Waals surface area contributed by atoms with E-state index in [2.05, 4.69) is 38.4 Å². The summed E-state index contributed by atoms with van der Waals surface area (Å²) in [6.45, 7) is 5.28. The quantitative estimate of drug-likeness (QED) is 0.466. The van der Waals surface area contributed by atoms with Gasteiger partial charge in [0.25, 0.3) is 5.91 Å². The van der Waals surface area contributed by atoms with Crippen molar-refractivity contribution in [2.45, 2.75) is 31.4 Å². The van der Waals surface area contributed by atoms with Crippen molar-refractivity contribution >= 4 is 29.1 Å². The number of aromatic amines is 1. The molecule has 3 aromatic rings. The summed E-state index contributed by atoms with van der Waals surface area (Å²) >= 11 is 0. The summed E-state index contributed by atoms with van der Waals surface area (Å²) < 4.78 is 31.7. The van der Waals surface area contributed by atoms with E-state index in [0.29, 0.717) is 24.1 Å². The van der Waals surface area contributed by atoms with Crippen LogP contribution in [0.5, 0.6) is 0 Å². The average Bonchev–Trinajstić information content (AvgIpc) is 3.43. The minimum atomic E-state index is -5.08. The van der Waals surface area contributed by atoms with E-state index in [4.69, 9.17) is 9.90 Å². The first-order valence-corrected chi connectivity index (χ1v) is 11.7. The van der Waals surface area contributed by atoms with Crippen LogP contribution < -0.4 is 10.2 Å². The number of benzene rings is 1. The molecule has 1 amide bonds. The number of nitrogens with zero attached hydrogens (tertiary/aromatic N) is 4. The molecule has 1 aliphatic heterocycles. The van der Waals surface area contributed by atoms with Gasteiger partial charge in [-0.2, -0.15) is 18.3 Å². The Morgan fingerprint density at radius 2 is 1.57 bits per heavy atom. The number of anilines is 3. The fourth-order valence-electron chi connectivity index (χ4n) is 3.86. The Morgan fingerprint density at radius 1 is 1.00 bits per heavy atom. The van der Waals surface area contributed by atoms with E-state index in [1.165, 1.54) is 18.5 Å². The molecule has 1 aliphatic carbocycles. The molecular weight excluding hydrogens is 489 g/mol. The fraction of sp³-hybridized carbons (Fsp3) is 0.360. The Morgan fingerprint density at radius 3 is 2.11 bits per heavy atom. The molecule has 0 unspecified atom stereocenters. The van der Waals surface area contributed by atoms with Gasteiger partial charge in [0.2, 0.25) is 0 Å². The lowest BCUT2D eigenvalue weighted by molar-refractivity contribution is -0.192. The van der Waals surface area contributed by atoms with Crippen LogP contribution in [0.1, 0.15) is 35.8 Å². The Bertz CT molecular complexity index is 1220. The minimum absolute atomic E-state index is 0.0818. The van der Waals surface area contributed by atoms with E-state index in [0.717, 1.165) is 30.3 Å². The van der Waals surface area contributed by atoms with E-state index >= 15 is 0 Å². The maximum absolute atomic E-state index is 12.9. The number of carbonyl (C=O) groups is 2. The van der Waals surface area contributed by atoms with Gasteiger partial charge in [-0.05, 0) is 49.2 Å². The highest BCUT2D eigenvalue weighted by Crippen LogP contribution is 2.47. The average molecular weight is 517 g/mol. The standard InChI is InChI=1S/C23H26N6O.C2HF3O2/c1-23(8-9-23)20-16-21(27-26-20)28-12-14-29(15-13-28)22(30)17-2-4-18(5-3-17)25-19-6-10-24-11-7-19;3-2(4,5)1(6)7/h2-7,10-11,16H,8-9,12-15H2,1H3,(H,24,25)(H,26,27);(H,6,7). The van der Waals surface area contributed by atoms with Crippen molar-refractivity contribution in [2.24, 2.45) is 0 Å². The molecule has 3 heterocycles. The van der Waals surface area contributed by atoms with Crippen LogP contribution in [0.25, 0.3) is 0 Å². The van der Waals surface area contributed by atoms with Crippen LogP contribution >= 0.6 is 0 Å². The number of aromatic nitrogens is 3. The number of carboxylic acids is 1. The van der Waals surface area contributed by atoms with Crippen LogP contribution in [-0.2, 0) is 10.2 Å². The van der Waals surface area contributed by atoms with Crippen LogP contribution in [0.3, 0.4) is 0 Å². The summed E-state index contributed by atoms with van der Waals surface area (Å²) in [6, 6.07) is 13.6. The Hall–Kier alpha value is -4.09. The second-order valence-electron chi connectivity index (χ2n) is 9.22. The molecule has 0 bridgehead atoms. The normalized spacial score (nSPS) is 16.4. The van der Waals surface area contributed by atoms with Gasteiger partial charge in [0.1, 0.15) is 0 Å². The molecule has 1 aromatic carbocycles. The summed E-state index contributed by atoms with van der Waals surface area (Å²) in [5.74, 6) is -1.68. The van der Waals surface area contributed by atoms with Gasteiger partial charge in [-0.1, -0.05) is 6.92 Å². The molecule has 9 nitrogen and oxygen atoms in total. The Kier molecular flexibility index (Phi) is 7.37. The van der Waals surface area contributed by atoms with E-state index in [1.807, 2.05) is 41.3 Å². The number of halogens is 3. The predicted octanol–water partition coefficient (Wildman–Crippen LogP) is 4.20. The molecule has 1 saturated carbocycles. The van der Waals surface area contributed by atoms with Crippen molar-refractivity contribution in [1.82, 2.24) is 20.1 Å². The van der Waals surface area contributed by atoms with Gasteiger partial charge in [-0.25, -0.2) is 4.79 Å². The van der Waals surface area contributed by atoms with Gasteiger partial charge in [0.15, 0.2) is 5.82 Å². The molecule has 5 rings (SSSR count). The predicted molar refractivity (Wildman–Crippen MR) is 131 cm³/mol. The van der Waals surface area contributed by atoms with Gasteiger partial charge in [-0.3, -0.25) is 14.9 Å². The SMILES string of the molecule is CC1(c2cc(N3CCN(C(=O)c4ccc(Nc5ccncc5)cc4)CC3)n[nH]2)CC1.O=C(O)C(F)(F)F. The number of pyridine rings is 1. The molecule has 196 valence electrons. The number of H-pyrrole nitrogens is 1. The molecule has 2 fully saturated rings. The van der Waals surface area contributed by atoms with Crippen molar-refractivity contribution in [3.05, 3.63) is 66.1 Å². The lowest BCUT2D eigenvalue weighted by Gasteiger charge is -2.34. The van der Waals surface area contributed by atoms with Crippen molar-refractivity contribution in [3.8, 4) is 0 Å². The number of piperazine rings is 1. The molecule has 0 atom stereocenters. The topological polar surface area (TPSA) is 114 Å². The molecule has 0 spiro atoms. The number of rotatable bonds is 5. The summed E-state index contributed by atoms with van der Waals surface area (Å²) in [7, 11) is 0. The first kappa shape index (κ1) is 26.0.